The first-order valence-electron chi connectivity index (χ1n) is 7.76. The van der Waals surface area contributed by atoms with Crippen LogP contribution in [0.15, 0.2) is 48.8 Å². The number of methoxy groups -OCH3 is 1. The van der Waals surface area contributed by atoms with Gasteiger partial charge in [-0.1, -0.05) is 36.4 Å². The summed E-state index contributed by atoms with van der Waals surface area (Å²) in [6, 6.07) is 14.2. The van der Waals surface area contributed by atoms with Crippen molar-refractivity contribution in [2.24, 2.45) is 0 Å². The van der Waals surface area contributed by atoms with Gasteiger partial charge >= 0.3 is 5.97 Å². The molecule has 0 aliphatic rings. The molecular formula is C19H15N3O2S. The molecule has 5 nitrogen and oxygen atoms in total. The first kappa shape index (κ1) is 15.5. The van der Waals surface area contributed by atoms with Crippen LogP contribution in [0.1, 0.15) is 15.2 Å². The van der Waals surface area contributed by atoms with Gasteiger partial charge in [-0.05, 0) is 23.9 Å². The summed E-state index contributed by atoms with van der Waals surface area (Å²) in [5.41, 5.74) is 1.79. The molecule has 2 heterocycles. The van der Waals surface area contributed by atoms with E-state index >= 15 is 0 Å². The molecule has 0 aliphatic carbocycles. The minimum Gasteiger partial charge on any atom is -0.465 e. The molecule has 2 aromatic carbocycles. The van der Waals surface area contributed by atoms with E-state index in [9.17, 15) is 4.79 Å². The van der Waals surface area contributed by atoms with Gasteiger partial charge in [0.2, 0.25) is 0 Å². The second kappa shape index (κ2) is 6.14. The lowest BCUT2D eigenvalue weighted by Crippen LogP contribution is -2.00. The van der Waals surface area contributed by atoms with E-state index in [1.807, 2.05) is 31.2 Å². The Bertz CT molecular complexity index is 1100. The lowest BCUT2D eigenvalue weighted by Gasteiger charge is -2.10. The molecule has 4 rings (SSSR count). The molecule has 25 heavy (non-hydrogen) atoms. The van der Waals surface area contributed by atoms with E-state index in [2.05, 4.69) is 33.5 Å². The van der Waals surface area contributed by atoms with Gasteiger partial charge in [-0.15, -0.1) is 11.3 Å². The summed E-state index contributed by atoms with van der Waals surface area (Å²) in [4.78, 5) is 22.0. The Labute approximate surface area is 148 Å². The van der Waals surface area contributed by atoms with Crippen molar-refractivity contribution in [3.8, 4) is 0 Å². The number of ether oxygens (including phenoxy) is 1. The van der Waals surface area contributed by atoms with Crippen LogP contribution in [0.2, 0.25) is 0 Å². The number of carbonyl (C=O) groups is 1. The number of hydrogen-bond donors (Lipinski definition) is 1. The number of aryl methyl sites for hydroxylation is 1. The van der Waals surface area contributed by atoms with E-state index in [1.54, 1.807) is 0 Å². The van der Waals surface area contributed by atoms with E-state index in [-0.39, 0.29) is 5.97 Å². The van der Waals surface area contributed by atoms with Crippen molar-refractivity contribution in [2.45, 2.75) is 6.92 Å². The van der Waals surface area contributed by atoms with Gasteiger partial charge in [-0.25, -0.2) is 14.8 Å². The summed E-state index contributed by atoms with van der Waals surface area (Å²) in [5, 5.41) is 6.51. The number of nitrogens with one attached hydrogen (secondary N) is 1. The Morgan fingerprint density at radius 2 is 1.92 bits per heavy atom. The fraction of sp³-hybridized carbons (Fsp3) is 0.105. The van der Waals surface area contributed by atoms with E-state index in [0.29, 0.717) is 10.7 Å². The Balaban J connectivity index is 1.87. The largest absolute Gasteiger partial charge is 0.465 e. The van der Waals surface area contributed by atoms with Crippen molar-refractivity contribution in [2.75, 3.05) is 12.4 Å². The van der Waals surface area contributed by atoms with Gasteiger partial charge < -0.3 is 10.1 Å². The molecule has 0 spiro atoms. The van der Waals surface area contributed by atoms with Crippen LogP contribution < -0.4 is 5.32 Å². The molecule has 0 atom stereocenters. The zero-order valence-corrected chi connectivity index (χ0v) is 14.6. The average molecular weight is 349 g/mol. The monoisotopic (exact) mass is 349 g/mol. The second-order valence-corrected chi connectivity index (χ2v) is 6.60. The Morgan fingerprint density at radius 3 is 2.76 bits per heavy atom. The van der Waals surface area contributed by atoms with Gasteiger partial charge in [0.1, 0.15) is 21.9 Å². The van der Waals surface area contributed by atoms with E-state index in [0.717, 1.165) is 32.2 Å². The van der Waals surface area contributed by atoms with Crippen LogP contribution >= 0.6 is 11.3 Å². The molecule has 6 heteroatoms. The van der Waals surface area contributed by atoms with Crippen molar-refractivity contribution in [3.05, 3.63) is 59.2 Å². The zero-order valence-electron chi connectivity index (χ0n) is 13.7. The fourth-order valence-corrected chi connectivity index (χ4v) is 3.98. The van der Waals surface area contributed by atoms with Crippen LogP contribution in [0.3, 0.4) is 0 Å². The lowest BCUT2D eigenvalue weighted by molar-refractivity contribution is 0.0605. The standard InChI is InChI=1S/C19H15N3O2S/c1-11-15-17(20-10-21-18(15)25-16(11)19(23)24-2)22-14-9-5-7-12-6-3-4-8-13(12)14/h3-10H,1-2H3,(H,20,21,22). The summed E-state index contributed by atoms with van der Waals surface area (Å²) >= 11 is 1.32. The summed E-state index contributed by atoms with van der Waals surface area (Å²) in [6.45, 7) is 1.89. The highest BCUT2D eigenvalue weighted by Crippen LogP contribution is 2.35. The Morgan fingerprint density at radius 1 is 1.12 bits per heavy atom. The molecule has 0 amide bonds. The maximum atomic E-state index is 12.0. The summed E-state index contributed by atoms with van der Waals surface area (Å²) < 4.78 is 4.87. The molecular weight excluding hydrogens is 334 g/mol. The van der Waals surface area contributed by atoms with Crippen LogP contribution in [0.4, 0.5) is 11.5 Å². The summed E-state index contributed by atoms with van der Waals surface area (Å²) in [7, 11) is 1.38. The molecule has 2 aromatic heterocycles. The molecule has 0 saturated carbocycles. The third-order valence-electron chi connectivity index (χ3n) is 4.14. The highest BCUT2D eigenvalue weighted by Gasteiger charge is 2.20. The predicted molar refractivity (Wildman–Crippen MR) is 101 cm³/mol. The topological polar surface area (TPSA) is 64.1 Å². The number of fused-ring (bicyclic) bond motifs is 2. The minimum absolute atomic E-state index is 0.350. The van der Waals surface area contributed by atoms with Crippen molar-refractivity contribution < 1.29 is 9.53 Å². The van der Waals surface area contributed by atoms with Gasteiger partial charge in [0.25, 0.3) is 0 Å². The molecule has 0 fully saturated rings. The van der Waals surface area contributed by atoms with Crippen molar-refractivity contribution in [1.82, 2.24) is 9.97 Å². The average Bonchev–Trinajstić information content (AvgIpc) is 2.99. The molecule has 0 bridgehead atoms. The highest BCUT2D eigenvalue weighted by molar-refractivity contribution is 7.20. The number of thiophene rings is 1. The summed E-state index contributed by atoms with van der Waals surface area (Å²) in [5.74, 6) is 0.335. The quantitative estimate of drug-likeness (QED) is 0.544. The number of anilines is 2. The number of hydrogen-bond acceptors (Lipinski definition) is 6. The lowest BCUT2D eigenvalue weighted by atomic mass is 10.1. The number of carbonyl (C=O) groups excluding carboxylic acids is 1. The minimum atomic E-state index is -0.350. The third kappa shape index (κ3) is 2.60. The SMILES string of the molecule is COC(=O)c1sc2ncnc(Nc3cccc4ccccc34)c2c1C. The molecule has 0 radical (unpaired) electrons. The van der Waals surface area contributed by atoms with Crippen LogP contribution in [-0.2, 0) is 4.74 Å². The maximum absolute atomic E-state index is 12.0. The first-order chi connectivity index (χ1) is 12.2. The predicted octanol–water partition coefficient (Wildman–Crippen LogP) is 4.68. The Kier molecular flexibility index (Phi) is 3.82. The normalized spacial score (nSPS) is 11.0. The first-order valence-corrected chi connectivity index (χ1v) is 8.58. The zero-order chi connectivity index (χ0) is 17.4. The van der Waals surface area contributed by atoms with E-state index in [1.165, 1.54) is 24.8 Å². The Hall–Kier alpha value is -2.99. The highest BCUT2D eigenvalue weighted by atomic mass is 32.1. The molecule has 4 aromatic rings. The molecule has 124 valence electrons. The fourth-order valence-electron chi connectivity index (χ4n) is 2.92. The third-order valence-corrected chi connectivity index (χ3v) is 5.32. The number of benzene rings is 2. The van der Waals surface area contributed by atoms with Gasteiger partial charge in [0.05, 0.1) is 12.5 Å². The number of aromatic nitrogens is 2. The number of nitrogens with zero attached hydrogens (tertiary/aromatic N) is 2. The van der Waals surface area contributed by atoms with Gasteiger partial charge in [0, 0.05) is 11.1 Å². The summed E-state index contributed by atoms with van der Waals surface area (Å²) in [6.07, 6.45) is 1.51. The van der Waals surface area contributed by atoms with Gasteiger partial charge in [-0.2, -0.15) is 0 Å². The van der Waals surface area contributed by atoms with E-state index in [4.69, 9.17) is 4.74 Å². The number of esters is 1. The molecule has 0 unspecified atom stereocenters. The van der Waals surface area contributed by atoms with Crippen LogP contribution in [0.5, 0.6) is 0 Å². The van der Waals surface area contributed by atoms with Crippen molar-refractivity contribution >= 4 is 49.8 Å². The molecule has 1 N–H and O–H groups in total. The molecule has 0 aliphatic heterocycles. The second-order valence-electron chi connectivity index (χ2n) is 5.60. The van der Waals surface area contributed by atoms with Crippen molar-refractivity contribution in [1.29, 1.82) is 0 Å². The van der Waals surface area contributed by atoms with Gasteiger partial charge in [-0.3, -0.25) is 0 Å². The van der Waals surface area contributed by atoms with Crippen LogP contribution in [0, 0.1) is 6.92 Å². The number of rotatable bonds is 3. The van der Waals surface area contributed by atoms with E-state index < -0.39 is 0 Å². The molecule has 0 saturated heterocycles. The van der Waals surface area contributed by atoms with Crippen LogP contribution in [-0.4, -0.2) is 23.0 Å². The van der Waals surface area contributed by atoms with Crippen LogP contribution in [0.25, 0.3) is 21.0 Å². The smallest absolute Gasteiger partial charge is 0.348 e. The van der Waals surface area contributed by atoms with Gasteiger partial charge in [0.15, 0.2) is 0 Å². The van der Waals surface area contributed by atoms with Crippen molar-refractivity contribution in [3.63, 3.8) is 0 Å². The maximum Gasteiger partial charge on any atom is 0.348 e.